The number of hydrogen-bond acceptors (Lipinski definition) is 3. The molecule has 0 saturated carbocycles. The molecule has 2 rings (SSSR count). The third kappa shape index (κ3) is 3.48. The molecule has 0 atom stereocenters. The molecule has 0 radical (unpaired) electrons. The molecule has 98 valence electrons. The zero-order chi connectivity index (χ0) is 13.7. The van der Waals surface area contributed by atoms with Gasteiger partial charge in [0.05, 0.1) is 12.1 Å². The van der Waals surface area contributed by atoms with Gasteiger partial charge in [0.1, 0.15) is 24.4 Å². The van der Waals surface area contributed by atoms with Crippen LogP contribution in [0.3, 0.4) is 0 Å². The molecular formula is C15H13ClO3. The van der Waals surface area contributed by atoms with E-state index >= 15 is 0 Å². The van der Waals surface area contributed by atoms with Gasteiger partial charge in [-0.2, -0.15) is 0 Å². The van der Waals surface area contributed by atoms with E-state index in [0.29, 0.717) is 22.9 Å². The maximum atomic E-state index is 10.6. The molecule has 0 N–H and O–H groups in total. The number of hydrogen-bond donors (Lipinski definition) is 0. The van der Waals surface area contributed by atoms with Crippen molar-refractivity contribution in [3.05, 3.63) is 58.6 Å². The van der Waals surface area contributed by atoms with Crippen LogP contribution in [0.2, 0.25) is 5.02 Å². The van der Waals surface area contributed by atoms with Gasteiger partial charge in [-0.1, -0.05) is 23.7 Å². The second-order valence-corrected chi connectivity index (χ2v) is 4.36. The molecule has 19 heavy (non-hydrogen) atoms. The minimum Gasteiger partial charge on any atom is -0.497 e. The van der Waals surface area contributed by atoms with Crippen molar-refractivity contribution in [1.29, 1.82) is 0 Å². The van der Waals surface area contributed by atoms with E-state index in [9.17, 15) is 4.79 Å². The summed E-state index contributed by atoms with van der Waals surface area (Å²) in [6, 6.07) is 12.5. The number of carbonyl (C=O) groups is 1. The molecular weight excluding hydrogens is 264 g/mol. The lowest BCUT2D eigenvalue weighted by Gasteiger charge is -2.09. The highest BCUT2D eigenvalue weighted by Crippen LogP contribution is 2.26. The van der Waals surface area contributed by atoms with E-state index in [1.807, 2.05) is 24.3 Å². The van der Waals surface area contributed by atoms with Crippen LogP contribution in [0, 0.1) is 0 Å². The lowest BCUT2D eigenvalue weighted by atomic mass is 10.2. The number of carbonyl (C=O) groups excluding carboxylic acids is 1. The van der Waals surface area contributed by atoms with Gasteiger partial charge in [0.15, 0.2) is 0 Å². The molecule has 0 heterocycles. The number of ether oxygens (including phenoxy) is 2. The van der Waals surface area contributed by atoms with Crippen LogP contribution in [0.25, 0.3) is 0 Å². The van der Waals surface area contributed by atoms with E-state index in [4.69, 9.17) is 21.1 Å². The first-order chi connectivity index (χ1) is 9.22. The van der Waals surface area contributed by atoms with E-state index < -0.39 is 0 Å². The predicted molar refractivity (Wildman–Crippen MR) is 74.2 cm³/mol. The van der Waals surface area contributed by atoms with Gasteiger partial charge >= 0.3 is 0 Å². The van der Waals surface area contributed by atoms with E-state index in [1.165, 1.54) is 0 Å². The Hall–Kier alpha value is -2.00. The molecule has 3 nitrogen and oxygen atoms in total. The lowest BCUT2D eigenvalue weighted by molar-refractivity contribution is 0.112. The summed E-state index contributed by atoms with van der Waals surface area (Å²) in [7, 11) is 1.62. The summed E-state index contributed by atoms with van der Waals surface area (Å²) in [5.74, 6) is 1.33. The molecule has 0 unspecified atom stereocenters. The molecule has 0 saturated heterocycles. The molecule has 0 aliphatic rings. The Balaban J connectivity index is 2.07. The van der Waals surface area contributed by atoms with Crippen molar-refractivity contribution < 1.29 is 14.3 Å². The van der Waals surface area contributed by atoms with Crippen molar-refractivity contribution >= 4 is 17.9 Å². The normalized spacial score (nSPS) is 10.0. The number of aldehydes is 1. The molecule has 0 amide bonds. The summed E-state index contributed by atoms with van der Waals surface area (Å²) in [5.41, 5.74) is 1.51. The van der Waals surface area contributed by atoms with Gasteiger partial charge in [-0.25, -0.2) is 0 Å². The Kier molecular flexibility index (Phi) is 4.42. The zero-order valence-electron chi connectivity index (χ0n) is 10.4. The first kappa shape index (κ1) is 13.4. The molecule has 0 spiro atoms. The summed E-state index contributed by atoms with van der Waals surface area (Å²) in [4.78, 5) is 10.6. The summed E-state index contributed by atoms with van der Waals surface area (Å²) >= 11 is 6.02. The largest absolute Gasteiger partial charge is 0.497 e. The highest BCUT2D eigenvalue weighted by molar-refractivity contribution is 6.32. The second kappa shape index (κ2) is 6.25. The predicted octanol–water partition coefficient (Wildman–Crippen LogP) is 3.74. The second-order valence-electron chi connectivity index (χ2n) is 3.95. The van der Waals surface area contributed by atoms with Crippen molar-refractivity contribution in [1.82, 2.24) is 0 Å². The van der Waals surface area contributed by atoms with Crippen LogP contribution >= 0.6 is 11.6 Å². The maximum Gasteiger partial charge on any atom is 0.150 e. The Morgan fingerprint density at radius 3 is 2.74 bits per heavy atom. The Labute approximate surface area is 116 Å². The van der Waals surface area contributed by atoms with E-state index in [-0.39, 0.29) is 0 Å². The average Bonchev–Trinajstić information content (AvgIpc) is 2.46. The quantitative estimate of drug-likeness (QED) is 0.781. The highest BCUT2D eigenvalue weighted by Gasteiger charge is 2.04. The summed E-state index contributed by atoms with van der Waals surface area (Å²) in [6.45, 7) is 0.386. The number of benzene rings is 2. The van der Waals surface area contributed by atoms with Crippen LogP contribution in [0.15, 0.2) is 42.5 Å². The van der Waals surface area contributed by atoms with Gasteiger partial charge in [-0.05, 0) is 35.9 Å². The third-order valence-corrected chi connectivity index (χ3v) is 2.92. The molecule has 0 fully saturated rings. The maximum absolute atomic E-state index is 10.6. The molecule has 2 aromatic rings. The third-order valence-electron chi connectivity index (χ3n) is 2.62. The number of rotatable bonds is 5. The van der Waals surface area contributed by atoms with E-state index in [1.54, 1.807) is 25.3 Å². The molecule has 0 bridgehead atoms. The standard InChI is InChI=1S/C15H13ClO3/c1-18-13-4-2-3-12(7-13)10-19-15-6-5-11(9-17)8-14(15)16/h2-9H,10H2,1H3. The molecule has 0 aliphatic carbocycles. The fourth-order valence-corrected chi connectivity index (χ4v) is 1.87. The SMILES string of the molecule is COc1cccc(COc2ccc(C=O)cc2Cl)c1. The summed E-state index contributed by atoms with van der Waals surface area (Å²) < 4.78 is 10.8. The minimum absolute atomic E-state index is 0.386. The summed E-state index contributed by atoms with van der Waals surface area (Å²) in [5, 5.41) is 0.424. The van der Waals surface area contributed by atoms with Crippen LogP contribution < -0.4 is 9.47 Å². The average molecular weight is 277 g/mol. The monoisotopic (exact) mass is 276 g/mol. The molecule has 4 heteroatoms. The Morgan fingerprint density at radius 2 is 2.05 bits per heavy atom. The number of methoxy groups -OCH3 is 1. The molecule has 0 aliphatic heterocycles. The van der Waals surface area contributed by atoms with Crippen LogP contribution in [0.5, 0.6) is 11.5 Å². The van der Waals surface area contributed by atoms with Crippen molar-refractivity contribution in [2.75, 3.05) is 7.11 Å². The first-order valence-electron chi connectivity index (χ1n) is 5.73. The first-order valence-corrected chi connectivity index (χ1v) is 6.11. The fourth-order valence-electron chi connectivity index (χ4n) is 1.63. The minimum atomic E-state index is 0.386. The topological polar surface area (TPSA) is 35.5 Å². The van der Waals surface area contributed by atoms with Crippen molar-refractivity contribution in [3.63, 3.8) is 0 Å². The van der Waals surface area contributed by atoms with Gasteiger partial charge in [0, 0.05) is 5.56 Å². The van der Waals surface area contributed by atoms with Crippen LogP contribution in [0.4, 0.5) is 0 Å². The smallest absolute Gasteiger partial charge is 0.150 e. The van der Waals surface area contributed by atoms with E-state index in [2.05, 4.69) is 0 Å². The van der Waals surface area contributed by atoms with E-state index in [0.717, 1.165) is 17.6 Å². The van der Waals surface area contributed by atoms with Gasteiger partial charge < -0.3 is 9.47 Å². The van der Waals surface area contributed by atoms with Crippen LogP contribution in [-0.4, -0.2) is 13.4 Å². The molecule has 2 aromatic carbocycles. The highest BCUT2D eigenvalue weighted by atomic mass is 35.5. The van der Waals surface area contributed by atoms with Crippen LogP contribution in [0.1, 0.15) is 15.9 Å². The Bertz CT molecular complexity index is 581. The Morgan fingerprint density at radius 1 is 1.21 bits per heavy atom. The van der Waals surface area contributed by atoms with Gasteiger partial charge in [0.2, 0.25) is 0 Å². The molecule has 0 aromatic heterocycles. The van der Waals surface area contributed by atoms with Crippen molar-refractivity contribution in [2.24, 2.45) is 0 Å². The van der Waals surface area contributed by atoms with Gasteiger partial charge in [-0.3, -0.25) is 4.79 Å². The summed E-state index contributed by atoms with van der Waals surface area (Å²) in [6.07, 6.45) is 0.748. The van der Waals surface area contributed by atoms with Crippen molar-refractivity contribution in [2.45, 2.75) is 6.61 Å². The number of halogens is 1. The van der Waals surface area contributed by atoms with Gasteiger partial charge in [-0.15, -0.1) is 0 Å². The van der Waals surface area contributed by atoms with Crippen LogP contribution in [-0.2, 0) is 6.61 Å². The lowest BCUT2D eigenvalue weighted by Crippen LogP contribution is -1.97. The van der Waals surface area contributed by atoms with Crippen molar-refractivity contribution in [3.8, 4) is 11.5 Å². The fraction of sp³-hybridized carbons (Fsp3) is 0.133. The van der Waals surface area contributed by atoms with Gasteiger partial charge in [0.25, 0.3) is 0 Å². The zero-order valence-corrected chi connectivity index (χ0v) is 11.2.